The van der Waals surface area contributed by atoms with Crippen molar-refractivity contribution in [1.29, 1.82) is 0 Å². The Morgan fingerprint density at radius 2 is 1.00 bits per heavy atom. The number of hydrogen-bond donors (Lipinski definition) is 0. The van der Waals surface area contributed by atoms with Crippen molar-refractivity contribution in [3.8, 4) is 0 Å². The van der Waals surface area contributed by atoms with E-state index >= 15 is 0 Å². The van der Waals surface area contributed by atoms with Gasteiger partial charge in [-0.25, -0.2) is 0 Å². The second-order valence-electron chi connectivity index (χ2n) is 0. The summed E-state index contributed by atoms with van der Waals surface area (Å²) in [5, 5.41) is 0. The molecule has 0 heterocycles. The van der Waals surface area contributed by atoms with Crippen LogP contribution in [-0.2, 0) is 17.4 Å². The molecule has 0 N–H and O–H groups in total. The maximum atomic E-state index is 0. The van der Waals surface area contributed by atoms with Crippen LogP contribution in [0, 0.1) is 41.7 Å². The van der Waals surface area contributed by atoms with Crippen LogP contribution in [0.5, 0.6) is 0 Å². The molecular weight excluding hydrogens is 230 g/mol. The average molecular weight is 233 g/mol. The van der Waals surface area contributed by atoms with E-state index in [0.29, 0.717) is 0 Å². The van der Waals surface area contributed by atoms with Crippen molar-refractivity contribution in [2.24, 2.45) is 0 Å². The standard InChI is InChI=1S/Al.B.Ce.Cr.3H. The van der Waals surface area contributed by atoms with Crippen molar-refractivity contribution in [3.63, 3.8) is 0 Å². The van der Waals surface area contributed by atoms with Crippen molar-refractivity contribution in [2.45, 2.75) is 0 Å². The maximum Gasteiger partial charge on any atom is 0.187 e. The Bertz CT molecular complexity index is 8.00. The average Bonchev–Trinajstić information content (AvgIpc) is 0. The fourth-order valence-electron chi connectivity index (χ4n) is 0. The molecular formula is H3AlBCeCr. The van der Waals surface area contributed by atoms with E-state index in [9.17, 15) is 0 Å². The van der Waals surface area contributed by atoms with Gasteiger partial charge >= 0.3 is 0 Å². The van der Waals surface area contributed by atoms with E-state index in [0.717, 1.165) is 0 Å². The first kappa shape index (κ1) is 31.4. The van der Waals surface area contributed by atoms with Gasteiger partial charge in [0, 0.05) is 67.5 Å². The molecule has 0 spiro atoms. The van der Waals surface area contributed by atoms with Gasteiger partial charge in [0.2, 0.25) is 0 Å². The van der Waals surface area contributed by atoms with Crippen LogP contribution < -0.4 is 0 Å². The molecule has 0 aliphatic rings. The van der Waals surface area contributed by atoms with Crippen molar-refractivity contribution in [3.05, 3.63) is 0 Å². The Balaban J connectivity index is 0. The minimum atomic E-state index is 0. The Hall–Kier alpha value is 2.51. The molecule has 4 heteroatoms. The molecule has 0 aliphatic heterocycles. The minimum absolute atomic E-state index is 0. The topological polar surface area (TPSA) is 0 Å². The van der Waals surface area contributed by atoms with E-state index in [2.05, 4.69) is 0 Å². The summed E-state index contributed by atoms with van der Waals surface area (Å²) in [5.41, 5.74) is 0. The molecule has 0 aromatic carbocycles. The van der Waals surface area contributed by atoms with E-state index in [-0.39, 0.29) is 84.9 Å². The first-order valence-electron chi connectivity index (χ1n) is 0. The molecule has 4 heavy (non-hydrogen) atoms. The molecule has 19 valence electrons. The van der Waals surface area contributed by atoms with Crippen LogP contribution in [-0.4, -0.2) is 25.8 Å². The smallest absolute Gasteiger partial charge is 0 e. The molecule has 0 amide bonds. The molecule has 3 radical (unpaired) electrons. The van der Waals surface area contributed by atoms with Gasteiger partial charge in [-0.05, 0) is 0 Å². The summed E-state index contributed by atoms with van der Waals surface area (Å²) in [6.45, 7) is 0. The molecule has 0 aliphatic carbocycles. The maximum absolute atomic E-state index is 0. The molecule has 0 atom stereocenters. The summed E-state index contributed by atoms with van der Waals surface area (Å²) >= 11 is 0. The molecule has 0 rings (SSSR count). The van der Waals surface area contributed by atoms with Crippen LogP contribution in [0.15, 0.2) is 0 Å². The van der Waals surface area contributed by atoms with Gasteiger partial charge in [0.1, 0.15) is 0 Å². The third-order valence-corrected chi connectivity index (χ3v) is 0. The molecule has 0 nitrogen and oxygen atoms in total. The number of rotatable bonds is 0. The minimum Gasteiger partial charge on any atom is 0 e. The van der Waals surface area contributed by atoms with Gasteiger partial charge in [0.15, 0.2) is 17.4 Å². The Morgan fingerprint density at radius 3 is 1.00 bits per heavy atom. The molecule has 0 saturated carbocycles. The van der Waals surface area contributed by atoms with Gasteiger partial charge in [0.05, 0.1) is 0 Å². The fourth-order valence-corrected chi connectivity index (χ4v) is 0. The summed E-state index contributed by atoms with van der Waals surface area (Å²) in [4.78, 5) is 0. The third kappa shape index (κ3) is 8.82. The van der Waals surface area contributed by atoms with Gasteiger partial charge in [-0.2, -0.15) is 0 Å². The van der Waals surface area contributed by atoms with E-state index in [1.54, 1.807) is 0 Å². The van der Waals surface area contributed by atoms with Gasteiger partial charge in [0.25, 0.3) is 0 Å². The Morgan fingerprint density at radius 1 is 1.00 bits per heavy atom. The molecule has 0 aromatic rings. The normalized spacial score (nSPS) is 0. The van der Waals surface area contributed by atoms with Gasteiger partial charge in [-0.15, -0.1) is 0 Å². The predicted molar refractivity (Wildman–Crippen MR) is 15.7 cm³/mol. The van der Waals surface area contributed by atoms with E-state index in [1.165, 1.54) is 0 Å². The summed E-state index contributed by atoms with van der Waals surface area (Å²) in [6, 6.07) is 0. The van der Waals surface area contributed by atoms with E-state index in [1.807, 2.05) is 0 Å². The van der Waals surface area contributed by atoms with Crippen LogP contribution in [0.3, 0.4) is 0 Å². The van der Waals surface area contributed by atoms with E-state index in [4.69, 9.17) is 0 Å². The molecule has 0 fully saturated rings. The van der Waals surface area contributed by atoms with Crippen molar-refractivity contribution >= 4 is 25.8 Å². The Labute approximate surface area is 83.3 Å². The van der Waals surface area contributed by atoms with Crippen LogP contribution >= 0.6 is 0 Å². The first-order valence-corrected chi connectivity index (χ1v) is 0. The zero-order valence-corrected chi connectivity index (χ0v) is 5.90. The van der Waals surface area contributed by atoms with E-state index < -0.39 is 0 Å². The fraction of sp³-hybridized carbons (Fsp3) is 0. The molecule has 0 saturated heterocycles. The zero-order chi connectivity index (χ0) is 0. The largest absolute Gasteiger partial charge is 0.187 e. The summed E-state index contributed by atoms with van der Waals surface area (Å²) in [5.74, 6) is 0. The van der Waals surface area contributed by atoms with Crippen LogP contribution in [0.4, 0.5) is 0 Å². The van der Waals surface area contributed by atoms with Gasteiger partial charge in [-0.1, -0.05) is 0 Å². The van der Waals surface area contributed by atoms with Crippen LogP contribution in [0.2, 0.25) is 0 Å². The summed E-state index contributed by atoms with van der Waals surface area (Å²) in [6.07, 6.45) is 0. The molecule has 0 unspecified atom stereocenters. The first-order chi connectivity index (χ1) is 0. The monoisotopic (exact) mass is 233 g/mol. The number of hydrogen-bond acceptors (Lipinski definition) is 0. The predicted octanol–water partition coefficient (Wildman–Crippen LogP) is -1.57. The van der Waals surface area contributed by atoms with Crippen molar-refractivity contribution < 1.29 is 59.1 Å². The SMILES string of the molecule is [AlH3].[B].[Ce].[Cr]. The molecule has 0 aromatic heterocycles. The van der Waals surface area contributed by atoms with Crippen LogP contribution in [0.25, 0.3) is 0 Å². The summed E-state index contributed by atoms with van der Waals surface area (Å²) in [7, 11) is 0. The summed E-state index contributed by atoms with van der Waals surface area (Å²) < 4.78 is 0. The van der Waals surface area contributed by atoms with Crippen molar-refractivity contribution in [1.82, 2.24) is 0 Å². The Kier molecular flexibility index (Phi) is 140. The van der Waals surface area contributed by atoms with Crippen molar-refractivity contribution in [2.75, 3.05) is 0 Å². The van der Waals surface area contributed by atoms with Gasteiger partial charge in [-0.3, -0.25) is 0 Å². The molecule has 0 bridgehead atoms. The van der Waals surface area contributed by atoms with Crippen LogP contribution in [0.1, 0.15) is 0 Å². The zero-order valence-electron chi connectivity index (χ0n) is 1.49. The second-order valence-corrected chi connectivity index (χ2v) is 0. The quantitative estimate of drug-likeness (QED) is 0.443. The van der Waals surface area contributed by atoms with Gasteiger partial charge < -0.3 is 0 Å². The third-order valence-electron chi connectivity index (χ3n) is 0. The second kappa shape index (κ2) is 17.8.